The lowest BCUT2D eigenvalue weighted by Crippen LogP contribution is -2.35. The molecule has 1 saturated heterocycles. The van der Waals surface area contributed by atoms with Gasteiger partial charge in [-0.15, -0.1) is 0 Å². The van der Waals surface area contributed by atoms with Gasteiger partial charge in [0.2, 0.25) is 0 Å². The SMILES string of the molecule is O[C@H](c1ccccc1)[C@H]1CC[C@@H](Cc2ccc(I)cc2)N1. The van der Waals surface area contributed by atoms with Crippen LogP contribution in [-0.4, -0.2) is 17.2 Å². The van der Waals surface area contributed by atoms with Crippen LogP contribution in [0.5, 0.6) is 0 Å². The van der Waals surface area contributed by atoms with Crippen molar-refractivity contribution >= 4 is 22.6 Å². The molecule has 0 spiro atoms. The molecule has 3 heteroatoms. The van der Waals surface area contributed by atoms with Crippen LogP contribution in [0.2, 0.25) is 0 Å². The molecule has 0 aliphatic carbocycles. The molecule has 21 heavy (non-hydrogen) atoms. The predicted octanol–water partition coefficient (Wildman–Crippen LogP) is 3.69. The Morgan fingerprint density at radius 3 is 2.48 bits per heavy atom. The van der Waals surface area contributed by atoms with Gasteiger partial charge in [-0.1, -0.05) is 42.5 Å². The van der Waals surface area contributed by atoms with E-state index in [-0.39, 0.29) is 6.04 Å². The second kappa shape index (κ2) is 6.90. The summed E-state index contributed by atoms with van der Waals surface area (Å²) in [5.41, 5.74) is 2.37. The molecule has 0 unspecified atom stereocenters. The molecular formula is C18H20INO. The van der Waals surface area contributed by atoms with E-state index in [1.54, 1.807) is 0 Å². The Balaban J connectivity index is 1.59. The highest BCUT2D eigenvalue weighted by atomic mass is 127. The molecule has 0 amide bonds. The minimum atomic E-state index is -0.409. The predicted molar refractivity (Wildman–Crippen MR) is 94.2 cm³/mol. The summed E-state index contributed by atoms with van der Waals surface area (Å²) < 4.78 is 1.27. The van der Waals surface area contributed by atoms with E-state index in [1.165, 1.54) is 9.13 Å². The molecule has 3 rings (SSSR count). The van der Waals surface area contributed by atoms with E-state index >= 15 is 0 Å². The van der Waals surface area contributed by atoms with E-state index in [2.05, 4.69) is 52.2 Å². The molecule has 1 aliphatic rings. The average Bonchev–Trinajstić information content (AvgIpc) is 2.98. The molecule has 2 aromatic carbocycles. The zero-order valence-corrected chi connectivity index (χ0v) is 14.0. The van der Waals surface area contributed by atoms with Crippen molar-refractivity contribution in [3.8, 4) is 0 Å². The Bertz CT molecular complexity index is 570. The molecule has 2 nitrogen and oxygen atoms in total. The molecule has 2 N–H and O–H groups in total. The van der Waals surface area contributed by atoms with Crippen LogP contribution in [0.1, 0.15) is 30.1 Å². The van der Waals surface area contributed by atoms with Crippen LogP contribution >= 0.6 is 22.6 Å². The largest absolute Gasteiger partial charge is 0.387 e. The molecule has 1 fully saturated rings. The smallest absolute Gasteiger partial charge is 0.0943 e. The highest BCUT2D eigenvalue weighted by Gasteiger charge is 2.29. The average molecular weight is 393 g/mol. The van der Waals surface area contributed by atoms with Crippen LogP contribution in [0.15, 0.2) is 54.6 Å². The van der Waals surface area contributed by atoms with Crippen molar-refractivity contribution in [2.45, 2.75) is 37.5 Å². The van der Waals surface area contributed by atoms with Crippen molar-refractivity contribution in [3.05, 3.63) is 69.3 Å². The first-order valence-electron chi connectivity index (χ1n) is 7.46. The number of halogens is 1. The van der Waals surface area contributed by atoms with Crippen molar-refractivity contribution in [3.63, 3.8) is 0 Å². The van der Waals surface area contributed by atoms with Gasteiger partial charge in [0.1, 0.15) is 0 Å². The molecule has 0 aromatic heterocycles. The Morgan fingerprint density at radius 1 is 1.05 bits per heavy atom. The Morgan fingerprint density at radius 2 is 1.76 bits per heavy atom. The first-order valence-corrected chi connectivity index (χ1v) is 8.54. The second-order valence-electron chi connectivity index (χ2n) is 5.73. The topological polar surface area (TPSA) is 32.3 Å². The third kappa shape index (κ3) is 3.84. The summed E-state index contributed by atoms with van der Waals surface area (Å²) in [7, 11) is 0. The van der Waals surface area contributed by atoms with Gasteiger partial charge in [0.25, 0.3) is 0 Å². The maximum absolute atomic E-state index is 10.5. The van der Waals surface area contributed by atoms with Gasteiger partial charge in [-0.3, -0.25) is 0 Å². The lowest BCUT2D eigenvalue weighted by atomic mass is 10.0. The van der Waals surface area contributed by atoms with E-state index in [4.69, 9.17) is 0 Å². The summed E-state index contributed by atoms with van der Waals surface area (Å²) >= 11 is 2.33. The van der Waals surface area contributed by atoms with Gasteiger partial charge in [-0.05, 0) is 65.1 Å². The fourth-order valence-electron chi connectivity index (χ4n) is 3.05. The number of nitrogens with one attached hydrogen (secondary N) is 1. The summed E-state index contributed by atoms with van der Waals surface area (Å²) in [6.07, 6.45) is 2.79. The molecule has 2 aromatic rings. The molecule has 0 radical (unpaired) electrons. The summed E-state index contributed by atoms with van der Waals surface area (Å²) in [6, 6.07) is 19.3. The van der Waals surface area contributed by atoms with Crippen molar-refractivity contribution in [1.29, 1.82) is 0 Å². The molecule has 0 bridgehead atoms. The highest BCUT2D eigenvalue weighted by Crippen LogP contribution is 2.26. The van der Waals surface area contributed by atoms with Crippen LogP contribution in [0.25, 0.3) is 0 Å². The number of hydrogen-bond acceptors (Lipinski definition) is 2. The monoisotopic (exact) mass is 393 g/mol. The standard InChI is InChI=1S/C18H20INO/c19-15-8-6-13(7-9-15)12-16-10-11-17(20-16)18(21)14-4-2-1-3-5-14/h1-9,16-18,20-21H,10-12H2/t16-,17+,18+/m0/s1. The van der Waals surface area contributed by atoms with Gasteiger partial charge in [0, 0.05) is 15.7 Å². The van der Waals surface area contributed by atoms with E-state index < -0.39 is 6.10 Å². The minimum Gasteiger partial charge on any atom is -0.387 e. The Hall–Kier alpha value is -0.910. The number of benzene rings is 2. The summed E-state index contributed by atoms with van der Waals surface area (Å²) in [4.78, 5) is 0. The molecule has 1 heterocycles. The fourth-order valence-corrected chi connectivity index (χ4v) is 3.41. The van der Waals surface area contributed by atoms with E-state index in [9.17, 15) is 5.11 Å². The van der Waals surface area contributed by atoms with Gasteiger partial charge in [-0.25, -0.2) is 0 Å². The van der Waals surface area contributed by atoms with E-state index in [0.717, 1.165) is 24.8 Å². The van der Waals surface area contributed by atoms with Crippen molar-refractivity contribution in [2.75, 3.05) is 0 Å². The fraction of sp³-hybridized carbons (Fsp3) is 0.333. The Labute approximate surface area is 139 Å². The first-order chi connectivity index (χ1) is 10.2. The third-order valence-electron chi connectivity index (χ3n) is 4.19. The summed E-state index contributed by atoms with van der Waals surface area (Å²) in [5.74, 6) is 0. The van der Waals surface area contributed by atoms with Crippen molar-refractivity contribution in [2.24, 2.45) is 0 Å². The molecular weight excluding hydrogens is 373 g/mol. The first kappa shape index (κ1) is 15.0. The molecule has 110 valence electrons. The maximum atomic E-state index is 10.5. The summed E-state index contributed by atoms with van der Waals surface area (Å²) in [6.45, 7) is 0. The van der Waals surface area contributed by atoms with Crippen LogP contribution in [0.4, 0.5) is 0 Å². The lowest BCUT2D eigenvalue weighted by molar-refractivity contribution is 0.135. The third-order valence-corrected chi connectivity index (χ3v) is 4.91. The van der Waals surface area contributed by atoms with Crippen LogP contribution in [-0.2, 0) is 6.42 Å². The summed E-state index contributed by atoms with van der Waals surface area (Å²) in [5, 5.41) is 14.1. The van der Waals surface area contributed by atoms with Gasteiger partial charge < -0.3 is 10.4 Å². The van der Waals surface area contributed by atoms with E-state index in [0.29, 0.717) is 6.04 Å². The zero-order chi connectivity index (χ0) is 14.7. The van der Waals surface area contributed by atoms with Gasteiger partial charge >= 0.3 is 0 Å². The van der Waals surface area contributed by atoms with Gasteiger partial charge in [0.05, 0.1) is 6.10 Å². The molecule has 0 saturated carbocycles. The van der Waals surface area contributed by atoms with Crippen LogP contribution in [0, 0.1) is 3.57 Å². The number of aliphatic hydroxyl groups excluding tert-OH is 1. The maximum Gasteiger partial charge on any atom is 0.0943 e. The van der Waals surface area contributed by atoms with Crippen molar-refractivity contribution in [1.82, 2.24) is 5.32 Å². The number of rotatable bonds is 4. The quantitative estimate of drug-likeness (QED) is 0.777. The number of aliphatic hydroxyl groups is 1. The zero-order valence-electron chi connectivity index (χ0n) is 11.9. The van der Waals surface area contributed by atoms with Gasteiger partial charge in [0.15, 0.2) is 0 Å². The van der Waals surface area contributed by atoms with E-state index in [1.807, 2.05) is 30.3 Å². The van der Waals surface area contributed by atoms with Crippen molar-refractivity contribution < 1.29 is 5.11 Å². The molecule has 3 atom stereocenters. The highest BCUT2D eigenvalue weighted by molar-refractivity contribution is 14.1. The van der Waals surface area contributed by atoms with Gasteiger partial charge in [-0.2, -0.15) is 0 Å². The minimum absolute atomic E-state index is 0.168. The normalized spacial score (nSPS) is 23.1. The van der Waals surface area contributed by atoms with Crippen LogP contribution in [0.3, 0.4) is 0 Å². The lowest BCUT2D eigenvalue weighted by Gasteiger charge is -2.20. The Kier molecular flexibility index (Phi) is 4.93. The molecule has 1 aliphatic heterocycles. The number of hydrogen-bond donors (Lipinski definition) is 2. The second-order valence-corrected chi connectivity index (χ2v) is 6.98. The van der Waals surface area contributed by atoms with Crippen LogP contribution < -0.4 is 5.32 Å².